The topological polar surface area (TPSA) is 118 Å². The first-order chi connectivity index (χ1) is 20.9. The van der Waals surface area contributed by atoms with E-state index >= 15 is 0 Å². The molecule has 12 heteroatoms. The minimum absolute atomic E-state index is 0.0514. The maximum Gasteiger partial charge on any atom is 0.249 e. The van der Waals surface area contributed by atoms with Gasteiger partial charge in [-0.25, -0.2) is 9.37 Å². The number of thiazole rings is 1. The van der Waals surface area contributed by atoms with E-state index in [1.165, 1.54) is 4.90 Å². The number of ketones is 1. The number of hydrogen-bond acceptors (Lipinski definition) is 9. The predicted octanol–water partition coefficient (Wildman–Crippen LogP) is 2.86. The van der Waals surface area contributed by atoms with Crippen molar-refractivity contribution in [1.82, 2.24) is 14.8 Å². The lowest BCUT2D eigenvalue weighted by molar-refractivity contribution is -0.139. The van der Waals surface area contributed by atoms with Gasteiger partial charge in [-0.3, -0.25) is 19.3 Å². The summed E-state index contributed by atoms with van der Waals surface area (Å²) in [5.74, 6) is -2.00. The van der Waals surface area contributed by atoms with Crippen molar-refractivity contribution in [3.63, 3.8) is 0 Å². The molecule has 4 heterocycles. The number of primary amides is 1. The van der Waals surface area contributed by atoms with Crippen LogP contribution in [0.15, 0.2) is 23.6 Å². The van der Waals surface area contributed by atoms with Crippen molar-refractivity contribution in [2.45, 2.75) is 56.3 Å². The Kier molecular flexibility index (Phi) is 9.08. The lowest BCUT2D eigenvalue weighted by atomic mass is 9.74. The molecule has 43 heavy (non-hydrogen) atoms. The van der Waals surface area contributed by atoms with Gasteiger partial charge < -0.3 is 25.0 Å². The van der Waals surface area contributed by atoms with Gasteiger partial charge in [0.25, 0.3) is 0 Å². The Balaban J connectivity index is 1.31. The Bertz CT molecular complexity index is 1340. The van der Waals surface area contributed by atoms with Crippen molar-refractivity contribution in [2.24, 2.45) is 11.7 Å². The molecule has 0 radical (unpaired) electrons. The number of fused-ring (bicyclic) bond motifs is 1. The van der Waals surface area contributed by atoms with Crippen LogP contribution in [-0.4, -0.2) is 110 Å². The molecule has 4 fully saturated rings. The van der Waals surface area contributed by atoms with Gasteiger partial charge >= 0.3 is 0 Å². The zero-order valence-corrected chi connectivity index (χ0v) is 25.4. The standard InChI is InChI=1S/C31H40FN5O5S/c1-41-14-13-35-9-11-36(12-10-35)31-34-24(18-43-31)20-7-8-21(29(33)39)22(15-20)26(19-5-3-2-4-6-19)30(40)37-16-23(32)28-27(37)25(38)17-42-28/h7-8,15,18-19,23,26-28H,2-6,9-14,16-17H2,1H3,(H2,33,39)/t23-,26-,27+,28+/m0/s1. The Hall–Kier alpha value is -2.93. The zero-order chi connectivity index (χ0) is 30.1. The number of Topliss-reactive ketones (excluding diaryl/α,β-unsaturated/α-hetero) is 1. The van der Waals surface area contributed by atoms with Gasteiger partial charge in [0.05, 0.1) is 24.8 Å². The van der Waals surface area contributed by atoms with Crippen LogP contribution in [0, 0.1) is 5.92 Å². The van der Waals surface area contributed by atoms with Gasteiger partial charge in [0.15, 0.2) is 10.9 Å². The lowest BCUT2D eigenvalue weighted by Crippen LogP contribution is -2.47. The van der Waals surface area contributed by atoms with Crippen molar-refractivity contribution < 1.29 is 28.2 Å². The predicted molar refractivity (Wildman–Crippen MR) is 161 cm³/mol. The first-order valence-corrected chi connectivity index (χ1v) is 16.2. The van der Waals surface area contributed by atoms with Crippen LogP contribution in [0.2, 0.25) is 0 Å². The maximum atomic E-state index is 14.9. The monoisotopic (exact) mass is 613 g/mol. The van der Waals surface area contributed by atoms with Crippen LogP contribution in [0.1, 0.15) is 53.9 Å². The van der Waals surface area contributed by atoms with Gasteiger partial charge in [-0.05, 0) is 36.5 Å². The van der Waals surface area contributed by atoms with Crippen molar-refractivity contribution in [3.05, 3.63) is 34.7 Å². The molecule has 1 saturated carbocycles. The van der Waals surface area contributed by atoms with Gasteiger partial charge in [-0.15, -0.1) is 11.3 Å². The van der Waals surface area contributed by atoms with Crippen LogP contribution in [0.5, 0.6) is 0 Å². The highest BCUT2D eigenvalue weighted by Crippen LogP contribution is 2.42. The highest BCUT2D eigenvalue weighted by atomic mass is 32.1. The number of benzene rings is 1. The third-order valence-electron chi connectivity index (χ3n) is 9.49. The molecule has 3 saturated heterocycles. The van der Waals surface area contributed by atoms with Crippen LogP contribution in [0.25, 0.3) is 11.3 Å². The number of amides is 2. The molecule has 2 N–H and O–H groups in total. The largest absolute Gasteiger partial charge is 0.383 e. The van der Waals surface area contributed by atoms with Crippen LogP contribution in [0.4, 0.5) is 9.52 Å². The summed E-state index contributed by atoms with van der Waals surface area (Å²) in [5.41, 5.74) is 8.23. The fourth-order valence-corrected chi connectivity index (χ4v) is 8.08. The molecule has 1 aliphatic carbocycles. The lowest BCUT2D eigenvalue weighted by Gasteiger charge is -2.34. The average molecular weight is 614 g/mol. The summed E-state index contributed by atoms with van der Waals surface area (Å²) in [7, 11) is 1.72. The number of halogens is 1. The summed E-state index contributed by atoms with van der Waals surface area (Å²) < 4.78 is 25.6. The Labute approximate surface area is 255 Å². The normalized spacial score (nSPS) is 25.7. The number of anilines is 1. The average Bonchev–Trinajstić information content (AvgIpc) is 3.75. The summed E-state index contributed by atoms with van der Waals surface area (Å²) >= 11 is 1.57. The Morgan fingerprint density at radius 3 is 2.67 bits per heavy atom. The quantitative estimate of drug-likeness (QED) is 0.459. The minimum Gasteiger partial charge on any atom is -0.383 e. The SMILES string of the molecule is COCCN1CCN(c2nc(-c3ccc(C(N)=O)c([C@@H](C(=O)N4C[C@H](F)[C@H]5OCC(=O)[C@H]54)C4CCCCC4)c3)cs2)CC1. The maximum absolute atomic E-state index is 14.9. The first kappa shape index (κ1) is 30.1. The smallest absolute Gasteiger partial charge is 0.249 e. The number of piperazine rings is 1. The summed E-state index contributed by atoms with van der Waals surface area (Å²) in [6.45, 7) is 4.86. The van der Waals surface area contributed by atoms with E-state index in [1.54, 1.807) is 24.5 Å². The van der Waals surface area contributed by atoms with E-state index in [4.69, 9.17) is 20.2 Å². The molecule has 1 aromatic heterocycles. The van der Waals surface area contributed by atoms with E-state index in [0.717, 1.165) is 81.2 Å². The molecule has 4 aliphatic rings. The number of hydrogen-bond donors (Lipinski definition) is 1. The van der Waals surface area contributed by atoms with E-state index in [-0.39, 0.29) is 36.3 Å². The fraction of sp³-hybridized carbons (Fsp3) is 0.613. The van der Waals surface area contributed by atoms with Crippen LogP contribution in [0.3, 0.4) is 0 Å². The number of likely N-dealkylation sites (tertiary alicyclic amines) is 1. The van der Waals surface area contributed by atoms with Crippen molar-refractivity contribution in [2.75, 3.05) is 64.5 Å². The second-order valence-corrected chi connectivity index (χ2v) is 12.9. The number of methoxy groups -OCH3 is 1. The molecular weight excluding hydrogens is 573 g/mol. The summed E-state index contributed by atoms with van der Waals surface area (Å²) in [5, 5.41) is 2.93. The summed E-state index contributed by atoms with van der Waals surface area (Å²) in [6.07, 6.45) is 2.27. The molecule has 3 aliphatic heterocycles. The number of nitrogens with zero attached hydrogens (tertiary/aromatic N) is 4. The molecular formula is C31H40FN5O5S. The van der Waals surface area contributed by atoms with Crippen LogP contribution in [-0.2, 0) is 19.1 Å². The molecule has 232 valence electrons. The van der Waals surface area contributed by atoms with Crippen LogP contribution < -0.4 is 10.6 Å². The van der Waals surface area contributed by atoms with E-state index < -0.39 is 30.1 Å². The summed E-state index contributed by atoms with van der Waals surface area (Å²) in [6, 6.07) is 4.44. The fourth-order valence-electron chi connectivity index (χ4n) is 7.19. The number of nitrogens with two attached hydrogens (primary N) is 1. The number of alkyl halides is 1. The van der Waals surface area contributed by atoms with E-state index in [2.05, 4.69) is 9.80 Å². The molecule has 2 amide bonds. The molecule has 0 bridgehead atoms. The van der Waals surface area contributed by atoms with E-state index in [0.29, 0.717) is 12.2 Å². The number of carbonyl (C=O) groups excluding carboxylic acids is 3. The first-order valence-electron chi connectivity index (χ1n) is 15.3. The second-order valence-electron chi connectivity index (χ2n) is 12.1. The van der Waals surface area contributed by atoms with Gasteiger partial charge in [0, 0.05) is 56.3 Å². The molecule has 0 unspecified atom stereocenters. The number of aromatic nitrogens is 1. The van der Waals surface area contributed by atoms with Crippen molar-refractivity contribution >= 4 is 34.1 Å². The third kappa shape index (κ3) is 6.07. The Morgan fingerprint density at radius 1 is 1.19 bits per heavy atom. The molecule has 6 rings (SSSR count). The highest BCUT2D eigenvalue weighted by molar-refractivity contribution is 7.14. The molecule has 10 nitrogen and oxygen atoms in total. The Morgan fingerprint density at radius 2 is 1.95 bits per heavy atom. The second kappa shape index (κ2) is 13.0. The molecule has 1 aromatic carbocycles. The van der Waals surface area contributed by atoms with Gasteiger partial charge in [0.2, 0.25) is 11.8 Å². The minimum atomic E-state index is -1.43. The number of ether oxygens (including phenoxy) is 2. The molecule has 2 aromatic rings. The van der Waals surface area contributed by atoms with E-state index in [9.17, 15) is 18.8 Å². The zero-order valence-electron chi connectivity index (χ0n) is 24.6. The number of carbonyl (C=O) groups is 3. The number of rotatable bonds is 9. The summed E-state index contributed by atoms with van der Waals surface area (Å²) in [4.78, 5) is 50.8. The molecule has 4 atom stereocenters. The third-order valence-corrected chi connectivity index (χ3v) is 10.4. The van der Waals surface area contributed by atoms with Crippen molar-refractivity contribution in [1.29, 1.82) is 0 Å². The van der Waals surface area contributed by atoms with Crippen LogP contribution >= 0.6 is 11.3 Å². The van der Waals surface area contributed by atoms with E-state index in [1.807, 2.05) is 17.5 Å². The highest BCUT2D eigenvalue weighted by Gasteiger charge is 2.54. The van der Waals surface area contributed by atoms with Gasteiger partial charge in [-0.2, -0.15) is 0 Å². The van der Waals surface area contributed by atoms with Gasteiger partial charge in [0.1, 0.15) is 24.9 Å². The van der Waals surface area contributed by atoms with Gasteiger partial charge in [-0.1, -0.05) is 25.3 Å². The molecule has 0 spiro atoms. The van der Waals surface area contributed by atoms with Crippen molar-refractivity contribution in [3.8, 4) is 11.3 Å².